The molecule has 1 aliphatic rings. The van der Waals surface area contributed by atoms with Crippen molar-refractivity contribution in [3.63, 3.8) is 0 Å². The number of hydrogen-bond donors (Lipinski definition) is 2. The molecular weight excluding hydrogens is 275 g/mol. The average molecular weight is 294 g/mol. The topological polar surface area (TPSA) is 69.6 Å². The predicted molar refractivity (Wildman–Crippen MR) is 77.0 cm³/mol. The largest absolute Gasteiger partial charge is 0.478 e. The molecule has 0 saturated carbocycles. The third-order valence-corrected chi connectivity index (χ3v) is 3.88. The fourth-order valence-electron chi connectivity index (χ4n) is 2.78. The van der Waals surface area contributed by atoms with Crippen molar-refractivity contribution in [1.82, 2.24) is 4.90 Å². The minimum atomic E-state index is -1.33. The molecule has 1 fully saturated rings. The highest BCUT2D eigenvalue weighted by Gasteiger charge is 2.29. The second-order valence-corrected chi connectivity index (χ2v) is 5.47. The van der Waals surface area contributed by atoms with E-state index in [2.05, 4.69) is 5.32 Å². The van der Waals surface area contributed by atoms with Gasteiger partial charge in [-0.15, -0.1) is 0 Å². The molecule has 2 amide bonds. The van der Waals surface area contributed by atoms with Gasteiger partial charge in [0.25, 0.3) is 0 Å². The minimum Gasteiger partial charge on any atom is -0.478 e. The molecule has 2 atom stereocenters. The average Bonchev–Trinajstić information content (AvgIpc) is 2.37. The van der Waals surface area contributed by atoms with Crippen molar-refractivity contribution >= 4 is 17.7 Å². The van der Waals surface area contributed by atoms with Gasteiger partial charge in [-0.3, -0.25) is 0 Å². The lowest BCUT2D eigenvalue weighted by molar-refractivity contribution is 0.0692. The van der Waals surface area contributed by atoms with E-state index >= 15 is 0 Å². The van der Waals surface area contributed by atoms with Gasteiger partial charge >= 0.3 is 12.0 Å². The molecule has 0 aliphatic carbocycles. The summed E-state index contributed by atoms with van der Waals surface area (Å²) in [4.78, 5) is 24.8. The SMILES string of the molecule is CC1CCCC(C)N1C(=O)Nc1ccc(C(=O)O)c(F)c1. The summed E-state index contributed by atoms with van der Waals surface area (Å²) in [5.41, 5.74) is -0.153. The summed E-state index contributed by atoms with van der Waals surface area (Å²) in [6.07, 6.45) is 2.99. The van der Waals surface area contributed by atoms with Crippen molar-refractivity contribution in [2.45, 2.75) is 45.2 Å². The first kappa shape index (κ1) is 15.3. The van der Waals surface area contributed by atoms with Gasteiger partial charge in [-0.25, -0.2) is 14.0 Å². The van der Waals surface area contributed by atoms with Gasteiger partial charge in [-0.05, 0) is 51.3 Å². The Morgan fingerprint density at radius 2 is 1.90 bits per heavy atom. The van der Waals surface area contributed by atoms with Crippen molar-refractivity contribution < 1.29 is 19.1 Å². The fourth-order valence-corrected chi connectivity index (χ4v) is 2.78. The molecule has 2 rings (SSSR count). The first-order valence-corrected chi connectivity index (χ1v) is 7.02. The van der Waals surface area contributed by atoms with E-state index in [-0.39, 0.29) is 23.8 Å². The molecule has 0 radical (unpaired) electrons. The Hall–Kier alpha value is -2.11. The molecule has 0 spiro atoms. The van der Waals surface area contributed by atoms with E-state index in [0.29, 0.717) is 0 Å². The predicted octanol–water partition coefficient (Wildman–Crippen LogP) is 3.32. The lowest BCUT2D eigenvalue weighted by atomic mass is 9.98. The van der Waals surface area contributed by atoms with E-state index in [1.807, 2.05) is 13.8 Å². The third-order valence-electron chi connectivity index (χ3n) is 3.88. The van der Waals surface area contributed by atoms with Crippen LogP contribution in [0.5, 0.6) is 0 Å². The molecule has 0 aromatic heterocycles. The van der Waals surface area contributed by atoms with Gasteiger partial charge in [0.1, 0.15) is 5.82 Å². The fraction of sp³-hybridized carbons (Fsp3) is 0.467. The third kappa shape index (κ3) is 3.32. The number of likely N-dealkylation sites (tertiary alicyclic amines) is 1. The number of anilines is 1. The molecule has 1 aromatic carbocycles. The number of nitrogens with one attached hydrogen (secondary N) is 1. The van der Waals surface area contributed by atoms with Crippen LogP contribution in [0.4, 0.5) is 14.9 Å². The first-order valence-electron chi connectivity index (χ1n) is 7.02. The smallest absolute Gasteiger partial charge is 0.338 e. The Kier molecular flexibility index (Phi) is 4.45. The molecule has 0 bridgehead atoms. The second kappa shape index (κ2) is 6.11. The maximum atomic E-state index is 13.6. The van der Waals surface area contributed by atoms with Crippen molar-refractivity contribution in [2.24, 2.45) is 0 Å². The number of nitrogens with zero attached hydrogens (tertiary/aromatic N) is 1. The van der Waals surface area contributed by atoms with Crippen LogP contribution in [-0.4, -0.2) is 34.1 Å². The number of carbonyl (C=O) groups is 2. The van der Waals surface area contributed by atoms with Gasteiger partial charge in [0.15, 0.2) is 0 Å². The summed E-state index contributed by atoms with van der Waals surface area (Å²) in [6.45, 7) is 3.98. The molecule has 6 heteroatoms. The Morgan fingerprint density at radius 1 is 1.29 bits per heavy atom. The normalized spacial score (nSPS) is 22.0. The molecular formula is C15H19FN2O3. The van der Waals surface area contributed by atoms with Gasteiger partial charge in [0, 0.05) is 17.8 Å². The number of carboxylic acids is 1. The highest BCUT2D eigenvalue weighted by molar-refractivity contribution is 5.92. The number of amides is 2. The highest BCUT2D eigenvalue weighted by atomic mass is 19.1. The van der Waals surface area contributed by atoms with Crippen LogP contribution in [-0.2, 0) is 0 Å². The van der Waals surface area contributed by atoms with Crippen LogP contribution in [0.2, 0.25) is 0 Å². The number of piperidine rings is 1. The van der Waals surface area contributed by atoms with Crippen LogP contribution < -0.4 is 5.32 Å². The summed E-state index contributed by atoms with van der Waals surface area (Å²) in [7, 11) is 0. The highest BCUT2D eigenvalue weighted by Crippen LogP contribution is 2.24. The second-order valence-electron chi connectivity index (χ2n) is 5.47. The van der Waals surface area contributed by atoms with Crippen LogP contribution in [0, 0.1) is 5.82 Å². The van der Waals surface area contributed by atoms with Crippen molar-refractivity contribution in [1.29, 1.82) is 0 Å². The Labute approximate surface area is 122 Å². The number of carbonyl (C=O) groups excluding carboxylic acids is 1. The molecule has 2 N–H and O–H groups in total. The number of benzene rings is 1. The molecule has 21 heavy (non-hydrogen) atoms. The van der Waals surface area contributed by atoms with Crippen LogP contribution in [0.3, 0.4) is 0 Å². The summed E-state index contributed by atoms with van der Waals surface area (Å²) in [5, 5.41) is 11.4. The van der Waals surface area contributed by atoms with E-state index in [9.17, 15) is 14.0 Å². The molecule has 1 heterocycles. The Morgan fingerprint density at radius 3 is 2.43 bits per heavy atom. The van der Waals surface area contributed by atoms with E-state index in [4.69, 9.17) is 5.11 Å². The van der Waals surface area contributed by atoms with Crippen LogP contribution >= 0.6 is 0 Å². The lowest BCUT2D eigenvalue weighted by Crippen LogP contribution is -2.49. The van der Waals surface area contributed by atoms with Crippen LogP contribution in [0.1, 0.15) is 43.5 Å². The Bertz CT molecular complexity index is 552. The monoisotopic (exact) mass is 294 g/mol. The van der Waals surface area contributed by atoms with Gasteiger partial charge in [-0.2, -0.15) is 0 Å². The van der Waals surface area contributed by atoms with Crippen molar-refractivity contribution in [2.75, 3.05) is 5.32 Å². The van der Waals surface area contributed by atoms with E-state index in [1.165, 1.54) is 6.07 Å². The van der Waals surface area contributed by atoms with Crippen molar-refractivity contribution in [3.8, 4) is 0 Å². The van der Waals surface area contributed by atoms with Crippen LogP contribution in [0.15, 0.2) is 18.2 Å². The number of aromatic carboxylic acids is 1. The Balaban J connectivity index is 2.12. The molecule has 5 nitrogen and oxygen atoms in total. The number of hydrogen-bond acceptors (Lipinski definition) is 2. The molecule has 1 aromatic rings. The van der Waals surface area contributed by atoms with Gasteiger partial charge < -0.3 is 15.3 Å². The summed E-state index contributed by atoms with van der Waals surface area (Å²) in [5.74, 6) is -2.19. The van der Waals surface area contributed by atoms with Gasteiger partial charge in [-0.1, -0.05) is 0 Å². The van der Waals surface area contributed by atoms with E-state index in [1.54, 1.807) is 4.90 Å². The quantitative estimate of drug-likeness (QED) is 0.879. The van der Waals surface area contributed by atoms with Crippen molar-refractivity contribution in [3.05, 3.63) is 29.6 Å². The summed E-state index contributed by atoms with van der Waals surface area (Å²) < 4.78 is 13.6. The number of carboxylic acid groups (broad SMARTS) is 1. The minimum absolute atomic E-state index is 0.136. The zero-order chi connectivity index (χ0) is 15.6. The zero-order valence-electron chi connectivity index (χ0n) is 12.1. The number of rotatable bonds is 2. The number of halogens is 1. The molecule has 2 unspecified atom stereocenters. The standard InChI is InChI=1S/C15H19FN2O3/c1-9-4-3-5-10(2)18(9)15(21)17-11-6-7-12(14(19)20)13(16)8-11/h6-10H,3-5H2,1-2H3,(H,17,21)(H,19,20). The van der Waals surface area contributed by atoms with Gasteiger partial charge in [0.2, 0.25) is 0 Å². The molecule has 1 aliphatic heterocycles. The van der Waals surface area contributed by atoms with Gasteiger partial charge in [0.05, 0.1) is 5.56 Å². The molecule has 1 saturated heterocycles. The zero-order valence-corrected chi connectivity index (χ0v) is 12.1. The summed E-state index contributed by atoms with van der Waals surface area (Å²) in [6, 6.07) is 3.56. The lowest BCUT2D eigenvalue weighted by Gasteiger charge is -2.38. The first-order chi connectivity index (χ1) is 9.90. The summed E-state index contributed by atoms with van der Waals surface area (Å²) >= 11 is 0. The van der Waals surface area contributed by atoms with E-state index in [0.717, 1.165) is 31.4 Å². The number of urea groups is 1. The maximum absolute atomic E-state index is 13.6. The van der Waals surface area contributed by atoms with Crippen LogP contribution in [0.25, 0.3) is 0 Å². The van der Waals surface area contributed by atoms with E-state index < -0.39 is 17.3 Å². The maximum Gasteiger partial charge on any atom is 0.338 e. The molecule has 114 valence electrons.